The maximum atomic E-state index is 5.36. The van der Waals surface area contributed by atoms with Gasteiger partial charge in [-0.15, -0.1) is 0 Å². The Kier molecular flexibility index (Phi) is 10.5. The summed E-state index contributed by atoms with van der Waals surface area (Å²) in [7, 11) is 0. The summed E-state index contributed by atoms with van der Waals surface area (Å²) in [4.78, 5) is 5.36. The van der Waals surface area contributed by atoms with E-state index in [9.17, 15) is 0 Å². The fraction of sp³-hybridized carbons (Fsp3) is 0. The molecule has 0 fully saturated rings. The van der Waals surface area contributed by atoms with Crippen molar-refractivity contribution >= 4 is 21.8 Å². The minimum absolute atomic E-state index is 0.833. The molecule has 0 unspecified atom stereocenters. The number of hydrogen-bond acceptors (Lipinski definition) is 1. The third-order valence-corrected chi connectivity index (χ3v) is 13.8. The third-order valence-electron chi connectivity index (χ3n) is 13.8. The first-order valence-electron chi connectivity index (χ1n) is 24.2. The second-order valence-electron chi connectivity index (χ2n) is 17.9. The largest absolute Gasteiger partial charge is 0.306 e. The number of aromatic nitrogens is 4. The van der Waals surface area contributed by atoms with Gasteiger partial charge in [0.15, 0.2) is 0 Å². The van der Waals surface area contributed by atoms with Crippen LogP contribution in [0.1, 0.15) is 0 Å². The van der Waals surface area contributed by atoms with Crippen LogP contribution in [0.4, 0.5) is 0 Å². The Hall–Kier alpha value is -9.51. The molecule has 4 nitrogen and oxygen atoms in total. The Morgan fingerprint density at radius 1 is 0.296 bits per heavy atom. The van der Waals surface area contributed by atoms with Crippen LogP contribution in [0.2, 0.25) is 0 Å². The first-order chi connectivity index (χ1) is 35.3. The van der Waals surface area contributed by atoms with Crippen LogP contribution >= 0.6 is 0 Å². The molecule has 0 radical (unpaired) electrons. The Labute approximate surface area is 413 Å². The van der Waals surface area contributed by atoms with Crippen molar-refractivity contribution in [3.63, 3.8) is 0 Å². The Morgan fingerprint density at radius 2 is 0.704 bits per heavy atom. The normalized spacial score (nSPS) is 11.4. The van der Waals surface area contributed by atoms with Gasteiger partial charge in [0.05, 0.1) is 39.5 Å². The van der Waals surface area contributed by atoms with E-state index in [1.165, 1.54) is 21.9 Å². The van der Waals surface area contributed by atoms with Gasteiger partial charge in [-0.05, 0) is 80.9 Å². The van der Waals surface area contributed by atoms with E-state index >= 15 is 0 Å². The number of hydrogen-bond donors (Lipinski definition) is 0. The van der Waals surface area contributed by atoms with Gasteiger partial charge in [-0.3, -0.25) is 4.57 Å². The summed E-state index contributed by atoms with van der Waals surface area (Å²) in [6, 6.07) is 96.1. The highest BCUT2D eigenvalue weighted by molar-refractivity contribution is 6.08. The zero-order chi connectivity index (χ0) is 47.1. The molecular formula is C67H46N4. The van der Waals surface area contributed by atoms with Crippen LogP contribution in [0.3, 0.4) is 0 Å². The Morgan fingerprint density at radius 3 is 1.18 bits per heavy atom. The van der Waals surface area contributed by atoms with E-state index in [4.69, 9.17) is 4.98 Å². The van der Waals surface area contributed by atoms with Crippen molar-refractivity contribution in [3.05, 3.63) is 279 Å². The van der Waals surface area contributed by atoms with E-state index in [0.29, 0.717) is 0 Å². The summed E-state index contributed by atoms with van der Waals surface area (Å²) in [6.45, 7) is 0. The van der Waals surface area contributed by atoms with E-state index in [1.54, 1.807) is 0 Å². The molecule has 4 heteroatoms. The molecule has 0 amide bonds. The monoisotopic (exact) mass is 906 g/mol. The molecule has 0 saturated heterocycles. The zero-order valence-electron chi connectivity index (χ0n) is 38.8. The lowest BCUT2D eigenvalue weighted by Crippen LogP contribution is -2.11. The fourth-order valence-electron chi connectivity index (χ4n) is 10.7. The quantitative estimate of drug-likeness (QED) is 0.134. The van der Waals surface area contributed by atoms with Crippen LogP contribution in [0.15, 0.2) is 279 Å². The van der Waals surface area contributed by atoms with Gasteiger partial charge in [0.1, 0.15) is 5.82 Å². The Bertz CT molecular complexity index is 3820. The lowest BCUT2D eigenvalue weighted by Gasteiger charge is -2.24. The van der Waals surface area contributed by atoms with E-state index < -0.39 is 0 Å². The topological polar surface area (TPSA) is 27.7 Å². The summed E-state index contributed by atoms with van der Waals surface area (Å²) in [5.74, 6) is 0.833. The average Bonchev–Trinajstić information content (AvgIpc) is 4.18. The molecule has 3 heterocycles. The van der Waals surface area contributed by atoms with Gasteiger partial charge in [0.25, 0.3) is 0 Å². The van der Waals surface area contributed by atoms with Crippen molar-refractivity contribution in [2.45, 2.75) is 0 Å². The summed E-state index contributed by atoms with van der Waals surface area (Å²) in [5, 5.41) is 2.34. The van der Waals surface area contributed by atoms with Crippen LogP contribution < -0.4 is 0 Å². The predicted molar refractivity (Wildman–Crippen MR) is 295 cm³/mol. The molecule has 334 valence electrons. The second kappa shape index (κ2) is 17.9. The minimum atomic E-state index is 0.833. The van der Waals surface area contributed by atoms with Gasteiger partial charge in [-0.1, -0.05) is 231 Å². The number of nitrogens with zero attached hydrogens (tertiary/aromatic N) is 4. The molecule has 0 bridgehead atoms. The highest BCUT2D eigenvalue weighted by Gasteiger charge is 2.29. The fourth-order valence-corrected chi connectivity index (χ4v) is 10.7. The lowest BCUT2D eigenvalue weighted by atomic mass is 9.94. The number of rotatable bonds is 10. The molecule has 3 aromatic heterocycles. The lowest BCUT2D eigenvalue weighted by molar-refractivity contribution is 0.986. The summed E-state index contributed by atoms with van der Waals surface area (Å²) in [6.07, 6.45) is 4.11. The molecule has 0 atom stereocenters. The molecule has 0 aliphatic rings. The number of benzene rings is 10. The summed E-state index contributed by atoms with van der Waals surface area (Å²) >= 11 is 0. The maximum Gasteiger partial charge on any atom is 0.145 e. The molecule has 0 aliphatic carbocycles. The van der Waals surface area contributed by atoms with E-state index in [1.807, 2.05) is 6.20 Å². The highest BCUT2D eigenvalue weighted by atomic mass is 15.1. The smallest absolute Gasteiger partial charge is 0.145 e. The molecule has 71 heavy (non-hydrogen) atoms. The predicted octanol–water partition coefficient (Wildman–Crippen LogP) is 17.4. The average molecular weight is 907 g/mol. The number of para-hydroxylation sites is 3. The van der Waals surface area contributed by atoms with Gasteiger partial charge in [-0.2, -0.15) is 0 Å². The van der Waals surface area contributed by atoms with Crippen molar-refractivity contribution in [2.75, 3.05) is 0 Å². The van der Waals surface area contributed by atoms with Gasteiger partial charge in [0.2, 0.25) is 0 Å². The first-order valence-corrected chi connectivity index (χ1v) is 24.2. The number of imidazole rings is 1. The van der Waals surface area contributed by atoms with Gasteiger partial charge < -0.3 is 9.13 Å². The zero-order valence-corrected chi connectivity index (χ0v) is 38.8. The van der Waals surface area contributed by atoms with Crippen molar-refractivity contribution in [2.24, 2.45) is 0 Å². The molecule has 0 saturated carbocycles. The van der Waals surface area contributed by atoms with Gasteiger partial charge >= 0.3 is 0 Å². The molecule has 13 aromatic rings. The van der Waals surface area contributed by atoms with E-state index in [0.717, 1.165) is 95.4 Å². The SMILES string of the molecule is c1ccc(-c2ccc(-c3nccn3-c3c(-n4c(-c5ccccc5)c(-c5ccccc5)c5ccccc54)cccc3-n3c(-c4ccccc4)c(-c4ccccc4)c4ccccc43)c(-c3ccccc3)c2)cc1. The Balaban J connectivity index is 1.19. The maximum absolute atomic E-state index is 5.36. The first kappa shape index (κ1) is 41.7. The van der Waals surface area contributed by atoms with Crippen LogP contribution in [0.25, 0.3) is 117 Å². The van der Waals surface area contributed by atoms with Crippen molar-refractivity contribution in [1.29, 1.82) is 0 Å². The highest BCUT2D eigenvalue weighted by Crippen LogP contribution is 2.48. The standard InChI is InChI=1S/C67H46N4/c1-7-24-47(25-8-1)53-42-43-54(57(46-53)48-26-9-2-10-27-48)67-68-44-45-69(67)66-60(70-58-38-21-19-36-55(58)62(49-28-11-3-12-29-49)64(70)51-32-15-5-16-33-51)40-23-41-61(66)71-59-39-22-20-37-56(59)63(50-30-13-4-14-31-50)65(71)52-34-17-6-18-35-52/h1-46H. The van der Waals surface area contributed by atoms with Crippen molar-refractivity contribution < 1.29 is 0 Å². The molecule has 10 aromatic carbocycles. The van der Waals surface area contributed by atoms with Gasteiger partial charge in [-0.25, -0.2) is 4.98 Å². The van der Waals surface area contributed by atoms with E-state index in [2.05, 4.69) is 287 Å². The van der Waals surface area contributed by atoms with Crippen molar-refractivity contribution in [1.82, 2.24) is 18.7 Å². The molecule has 0 aliphatic heterocycles. The molecule has 0 N–H and O–H groups in total. The molecule has 0 spiro atoms. The van der Waals surface area contributed by atoms with Crippen molar-refractivity contribution in [3.8, 4) is 95.5 Å². The second-order valence-corrected chi connectivity index (χ2v) is 17.9. The van der Waals surface area contributed by atoms with E-state index in [-0.39, 0.29) is 0 Å². The van der Waals surface area contributed by atoms with Crippen LogP contribution in [-0.2, 0) is 0 Å². The summed E-state index contributed by atoms with van der Waals surface area (Å²) < 4.78 is 7.34. The number of fused-ring (bicyclic) bond motifs is 2. The molecule has 13 rings (SSSR count). The van der Waals surface area contributed by atoms with Crippen LogP contribution in [-0.4, -0.2) is 18.7 Å². The minimum Gasteiger partial charge on any atom is -0.306 e. The van der Waals surface area contributed by atoms with Gasteiger partial charge in [0, 0.05) is 39.9 Å². The van der Waals surface area contributed by atoms with Crippen LogP contribution in [0.5, 0.6) is 0 Å². The van der Waals surface area contributed by atoms with Crippen LogP contribution in [0, 0.1) is 0 Å². The third kappa shape index (κ3) is 7.20. The summed E-state index contributed by atoms with van der Waals surface area (Å²) in [5.41, 5.74) is 19.9. The molecular weight excluding hydrogens is 861 g/mol.